The van der Waals surface area contributed by atoms with Gasteiger partial charge in [0, 0.05) is 0 Å². The normalized spacial score (nSPS) is 12.3. The number of benzene rings is 1. The molecular weight excluding hydrogens is 362 g/mol. The van der Waals surface area contributed by atoms with Crippen LogP contribution < -0.4 is 5.73 Å². The molecule has 0 saturated carbocycles. The average Bonchev–Trinajstić information content (AvgIpc) is 2.63. The van der Waals surface area contributed by atoms with Gasteiger partial charge in [0.1, 0.15) is 6.10 Å². The van der Waals surface area contributed by atoms with Gasteiger partial charge in [-0.1, -0.05) is 101 Å². The first-order valence-electron chi connectivity index (χ1n) is 10.4. The molecular formula is C21H39NO4S. The van der Waals surface area contributed by atoms with Crippen LogP contribution in [0.4, 0.5) is 0 Å². The third kappa shape index (κ3) is 16.9. The van der Waals surface area contributed by atoms with Gasteiger partial charge in [0.15, 0.2) is 0 Å². The maximum Gasteiger partial charge on any atom is 0.218 e. The molecule has 0 bridgehead atoms. The van der Waals surface area contributed by atoms with Crippen LogP contribution in [0, 0.1) is 0 Å². The Morgan fingerprint density at radius 1 is 0.889 bits per heavy atom. The van der Waals surface area contributed by atoms with Crippen LogP contribution in [0.25, 0.3) is 0 Å². The van der Waals surface area contributed by atoms with E-state index in [1.54, 1.807) is 12.1 Å². The van der Waals surface area contributed by atoms with Crippen molar-refractivity contribution >= 4 is 10.4 Å². The fraction of sp³-hybridized carbons (Fsp3) is 0.714. The van der Waals surface area contributed by atoms with Crippen LogP contribution in [0.3, 0.4) is 0 Å². The molecule has 0 heterocycles. The Labute approximate surface area is 166 Å². The van der Waals surface area contributed by atoms with Crippen molar-refractivity contribution in [3.8, 4) is 0 Å². The summed E-state index contributed by atoms with van der Waals surface area (Å²) >= 11 is 0. The van der Waals surface area contributed by atoms with Crippen molar-refractivity contribution in [2.75, 3.05) is 6.54 Å². The van der Waals surface area contributed by atoms with Crippen LogP contribution in [0.5, 0.6) is 0 Å². The second-order valence-electron chi connectivity index (χ2n) is 6.87. The van der Waals surface area contributed by atoms with E-state index in [0.717, 1.165) is 31.4 Å². The molecule has 0 saturated heterocycles. The molecule has 0 aliphatic rings. The molecule has 27 heavy (non-hydrogen) atoms. The molecule has 6 heteroatoms. The Hall–Kier alpha value is -0.950. The van der Waals surface area contributed by atoms with Crippen LogP contribution in [0.15, 0.2) is 30.3 Å². The molecule has 0 fully saturated rings. The number of unbranched alkanes of at least 4 members (excludes halogenated alkanes) is 9. The lowest BCUT2D eigenvalue weighted by Gasteiger charge is -2.19. The van der Waals surface area contributed by atoms with E-state index in [4.69, 9.17) is 4.18 Å². The van der Waals surface area contributed by atoms with Gasteiger partial charge in [0.2, 0.25) is 10.4 Å². The van der Waals surface area contributed by atoms with Crippen LogP contribution in [0.1, 0.15) is 96.1 Å². The molecule has 0 aromatic heterocycles. The zero-order valence-electron chi connectivity index (χ0n) is 17.2. The largest absolute Gasteiger partial charge is 0.726 e. The van der Waals surface area contributed by atoms with Gasteiger partial charge < -0.3 is 10.3 Å². The zero-order valence-corrected chi connectivity index (χ0v) is 18.0. The van der Waals surface area contributed by atoms with E-state index in [2.05, 4.69) is 12.7 Å². The molecule has 0 amide bonds. The monoisotopic (exact) mass is 401 g/mol. The predicted molar refractivity (Wildman–Crippen MR) is 110 cm³/mol. The summed E-state index contributed by atoms with van der Waals surface area (Å²) in [6.07, 6.45) is 12.1. The molecule has 0 spiro atoms. The molecule has 0 aliphatic heterocycles. The summed E-state index contributed by atoms with van der Waals surface area (Å²) in [6.45, 7) is 5.24. The van der Waals surface area contributed by atoms with Gasteiger partial charge in [-0.2, -0.15) is 0 Å². The van der Waals surface area contributed by atoms with E-state index in [1.165, 1.54) is 44.9 Å². The molecule has 5 nitrogen and oxygen atoms in total. The summed E-state index contributed by atoms with van der Waals surface area (Å²) in [7, 11) is -4.68. The number of hydrogen-bond donors (Lipinski definition) is 1. The minimum Gasteiger partial charge on any atom is -0.726 e. The van der Waals surface area contributed by atoms with Crippen molar-refractivity contribution in [3.05, 3.63) is 35.9 Å². The van der Waals surface area contributed by atoms with Gasteiger partial charge in [-0.05, 0) is 18.9 Å². The molecule has 0 radical (unpaired) electrons. The van der Waals surface area contributed by atoms with Gasteiger partial charge in [-0.25, -0.2) is 8.42 Å². The van der Waals surface area contributed by atoms with E-state index in [0.29, 0.717) is 6.42 Å². The van der Waals surface area contributed by atoms with Gasteiger partial charge in [-0.3, -0.25) is 4.18 Å². The highest BCUT2D eigenvalue weighted by atomic mass is 32.3. The predicted octanol–water partition coefficient (Wildman–Crippen LogP) is 4.76. The average molecular weight is 402 g/mol. The zero-order chi connectivity index (χ0) is 20.4. The maximum absolute atomic E-state index is 10.9. The van der Waals surface area contributed by atoms with Crippen molar-refractivity contribution in [2.24, 2.45) is 0 Å². The summed E-state index contributed by atoms with van der Waals surface area (Å²) in [5.74, 6) is 0. The minimum atomic E-state index is -4.68. The summed E-state index contributed by atoms with van der Waals surface area (Å²) in [5.41, 5.74) is 4.23. The highest BCUT2D eigenvalue weighted by Crippen LogP contribution is 2.25. The van der Waals surface area contributed by atoms with E-state index in [9.17, 15) is 13.0 Å². The SMILES string of the molecule is CCCCCCCCCCCCC(OS(=O)(=O)[O-])c1ccccc1.CC[NH3+]. The maximum atomic E-state index is 10.9. The summed E-state index contributed by atoms with van der Waals surface area (Å²) in [6, 6.07) is 9.09. The van der Waals surface area contributed by atoms with E-state index >= 15 is 0 Å². The molecule has 1 atom stereocenters. The van der Waals surface area contributed by atoms with E-state index in [1.807, 2.05) is 25.1 Å². The van der Waals surface area contributed by atoms with Gasteiger partial charge in [0.25, 0.3) is 0 Å². The number of hydrogen-bond acceptors (Lipinski definition) is 4. The molecule has 158 valence electrons. The second-order valence-corrected chi connectivity index (χ2v) is 7.88. The minimum absolute atomic E-state index is 0.558. The summed E-state index contributed by atoms with van der Waals surface area (Å²) < 4.78 is 37.5. The Morgan fingerprint density at radius 2 is 1.33 bits per heavy atom. The Balaban J connectivity index is 0.00000210. The van der Waals surface area contributed by atoms with Crippen molar-refractivity contribution < 1.29 is 22.9 Å². The lowest BCUT2D eigenvalue weighted by Crippen LogP contribution is -2.48. The third-order valence-corrected chi connectivity index (χ3v) is 4.69. The lowest BCUT2D eigenvalue weighted by atomic mass is 10.0. The molecule has 1 rings (SSSR count). The van der Waals surface area contributed by atoms with Crippen LogP contribution >= 0.6 is 0 Å². The van der Waals surface area contributed by atoms with Crippen molar-refractivity contribution in [1.29, 1.82) is 0 Å². The van der Waals surface area contributed by atoms with Crippen molar-refractivity contribution in [2.45, 2.75) is 90.6 Å². The molecule has 1 aromatic carbocycles. The van der Waals surface area contributed by atoms with E-state index in [-0.39, 0.29) is 0 Å². The smallest absolute Gasteiger partial charge is 0.218 e. The number of quaternary nitrogens is 1. The standard InChI is InChI=1S/C19H32O4S.C2H7N/c1-2-3-4-5-6-7-8-9-10-14-17-19(23-24(20,21)22)18-15-12-11-13-16-18;1-2-3/h11-13,15-16,19H,2-10,14,17H2,1H3,(H,20,21,22);2-3H2,1H3. The van der Waals surface area contributed by atoms with Crippen LogP contribution in [-0.4, -0.2) is 19.5 Å². The summed E-state index contributed by atoms with van der Waals surface area (Å²) in [4.78, 5) is 0. The molecule has 1 unspecified atom stereocenters. The first-order valence-corrected chi connectivity index (χ1v) is 11.8. The quantitative estimate of drug-likeness (QED) is 0.276. The van der Waals surface area contributed by atoms with Crippen LogP contribution in [0.2, 0.25) is 0 Å². The fourth-order valence-electron chi connectivity index (χ4n) is 2.90. The van der Waals surface area contributed by atoms with Gasteiger partial charge in [0.05, 0.1) is 6.54 Å². The topological polar surface area (TPSA) is 94.1 Å². The molecule has 3 N–H and O–H groups in total. The third-order valence-electron chi connectivity index (χ3n) is 4.23. The van der Waals surface area contributed by atoms with Crippen molar-refractivity contribution in [1.82, 2.24) is 0 Å². The highest BCUT2D eigenvalue weighted by Gasteiger charge is 2.14. The highest BCUT2D eigenvalue weighted by molar-refractivity contribution is 7.80. The first kappa shape index (κ1) is 26.1. The Bertz CT molecular complexity index is 534. The lowest BCUT2D eigenvalue weighted by molar-refractivity contribution is -0.361. The first-order chi connectivity index (χ1) is 12.9. The number of rotatable bonds is 14. The Morgan fingerprint density at radius 3 is 1.78 bits per heavy atom. The molecule has 1 aromatic rings. The Kier molecular flexibility index (Phi) is 16.6. The fourth-order valence-corrected chi connectivity index (χ4v) is 3.39. The second kappa shape index (κ2) is 17.2. The van der Waals surface area contributed by atoms with Gasteiger partial charge >= 0.3 is 0 Å². The van der Waals surface area contributed by atoms with E-state index < -0.39 is 16.5 Å². The molecule has 0 aliphatic carbocycles. The van der Waals surface area contributed by atoms with Crippen molar-refractivity contribution in [3.63, 3.8) is 0 Å². The summed E-state index contributed by atoms with van der Waals surface area (Å²) in [5, 5.41) is 0. The van der Waals surface area contributed by atoms with Crippen LogP contribution in [-0.2, 0) is 14.6 Å². The van der Waals surface area contributed by atoms with Gasteiger partial charge in [-0.15, -0.1) is 0 Å².